The molecule has 0 saturated heterocycles. The van der Waals surface area contributed by atoms with Crippen LogP contribution in [0.4, 0.5) is 0 Å². The summed E-state index contributed by atoms with van der Waals surface area (Å²) in [7, 11) is 1.86. The number of hydrogen-bond donors (Lipinski definition) is 1. The highest BCUT2D eigenvalue weighted by atomic mass is 16.3. The first-order chi connectivity index (χ1) is 8.08. The van der Waals surface area contributed by atoms with Gasteiger partial charge in [0.25, 0.3) is 5.91 Å². The van der Waals surface area contributed by atoms with Gasteiger partial charge in [-0.1, -0.05) is 0 Å². The van der Waals surface area contributed by atoms with E-state index in [0.717, 1.165) is 11.3 Å². The van der Waals surface area contributed by atoms with Crippen molar-refractivity contribution in [2.75, 3.05) is 0 Å². The van der Waals surface area contributed by atoms with Crippen LogP contribution in [0.15, 0.2) is 29.0 Å². The molecular weight excluding hydrogens is 218 g/mol. The topological polar surface area (TPSA) is 60.1 Å². The Morgan fingerprint density at radius 2 is 2.35 bits per heavy atom. The van der Waals surface area contributed by atoms with E-state index in [1.807, 2.05) is 27.1 Å². The maximum absolute atomic E-state index is 11.8. The summed E-state index contributed by atoms with van der Waals surface area (Å²) in [6.07, 6.45) is 3.39. The minimum atomic E-state index is -0.217. The van der Waals surface area contributed by atoms with Crippen molar-refractivity contribution < 1.29 is 9.21 Å². The molecule has 90 valence electrons. The fraction of sp³-hybridized carbons (Fsp3) is 0.333. The number of nitrogens with one attached hydrogen (secondary N) is 1. The molecule has 0 aliphatic rings. The van der Waals surface area contributed by atoms with Gasteiger partial charge in [0.1, 0.15) is 0 Å². The third-order valence-corrected chi connectivity index (χ3v) is 2.61. The number of aryl methyl sites for hydroxylation is 2. The van der Waals surface area contributed by atoms with E-state index in [9.17, 15) is 4.79 Å². The first-order valence-electron chi connectivity index (χ1n) is 5.42. The SMILES string of the molecule is Cc1nn(C)cc1C(C)NC(=O)c1ccco1. The molecule has 2 rings (SSSR count). The monoisotopic (exact) mass is 233 g/mol. The lowest BCUT2D eigenvalue weighted by Crippen LogP contribution is -2.26. The number of nitrogens with zero attached hydrogens (tertiary/aromatic N) is 2. The summed E-state index contributed by atoms with van der Waals surface area (Å²) in [5.74, 6) is 0.101. The number of hydrogen-bond acceptors (Lipinski definition) is 3. The summed E-state index contributed by atoms with van der Waals surface area (Å²) in [5.41, 5.74) is 1.92. The Hall–Kier alpha value is -2.04. The summed E-state index contributed by atoms with van der Waals surface area (Å²) < 4.78 is 6.77. The van der Waals surface area contributed by atoms with Gasteiger partial charge >= 0.3 is 0 Å². The second-order valence-corrected chi connectivity index (χ2v) is 4.02. The van der Waals surface area contributed by atoms with Crippen LogP contribution >= 0.6 is 0 Å². The number of furan rings is 1. The van der Waals surface area contributed by atoms with Crippen LogP contribution < -0.4 is 5.32 Å². The largest absolute Gasteiger partial charge is 0.459 e. The molecule has 0 aromatic carbocycles. The predicted molar refractivity (Wildman–Crippen MR) is 62.5 cm³/mol. The van der Waals surface area contributed by atoms with Crippen LogP contribution in [-0.4, -0.2) is 15.7 Å². The molecule has 0 spiro atoms. The lowest BCUT2D eigenvalue weighted by Gasteiger charge is -2.11. The Labute approximate surface area is 99.4 Å². The van der Waals surface area contributed by atoms with Gasteiger partial charge in [0.05, 0.1) is 18.0 Å². The molecule has 2 heterocycles. The van der Waals surface area contributed by atoms with E-state index in [-0.39, 0.29) is 11.9 Å². The summed E-state index contributed by atoms with van der Waals surface area (Å²) >= 11 is 0. The predicted octanol–water partition coefficient (Wildman–Crippen LogP) is 1.81. The van der Waals surface area contributed by atoms with E-state index in [1.165, 1.54) is 6.26 Å². The van der Waals surface area contributed by atoms with Crippen molar-refractivity contribution >= 4 is 5.91 Å². The van der Waals surface area contributed by atoms with Crippen molar-refractivity contribution in [3.05, 3.63) is 41.6 Å². The zero-order valence-corrected chi connectivity index (χ0v) is 10.1. The van der Waals surface area contributed by atoms with Gasteiger partial charge in [0.15, 0.2) is 5.76 Å². The normalized spacial score (nSPS) is 12.4. The number of rotatable bonds is 3. The quantitative estimate of drug-likeness (QED) is 0.879. The molecule has 1 unspecified atom stereocenters. The first-order valence-corrected chi connectivity index (χ1v) is 5.42. The molecule has 1 amide bonds. The van der Waals surface area contributed by atoms with Crippen LogP contribution in [0.2, 0.25) is 0 Å². The van der Waals surface area contributed by atoms with Gasteiger partial charge in [-0.3, -0.25) is 9.48 Å². The van der Waals surface area contributed by atoms with Gasteiger partial charge < -0.3 is 9.73 Å². The lowest BCUT2D eigenvalue weighted by molar-refractivity contribution is 0.0912. The number of carbonyl (C=O) groups excluding carboxylic acids is 1. The molecule has 1 N–H and O–H groups in total. The Balaban J connectivity index is 2.09. The third-order valence-electron chi connectivity index (χ3n) is 2.61. The average molecular weight is 233 g/mol. The second-order valence-electron chi connectivity index (χ2n) is 4.02. The molecule has 0 saturated carbocycles. The second kappa shape index (κ2) is 4.45. The van der Waals surface area contributed by atoms with Gasteiger partial charge in [0.2, 0.25) is 0 Å². The molecule has 17 heavy (non-hydrogen) atoms. The van der Waals surface area contributed by atoms with Crippen LogP contribution in [0.1, 0.15) is 34.8 Å². The highest BCUT2D eigenvalue weighted by molar-refractivity contribution is 5.91. The molecule has 0 bridgehead atoms. The standard InChI is InChI=1S/C12H15N3O2/c1-8(10-7-15(3)14-9(10)2)13-12(16)11-5-4-6-17-11/h4-8H,1-3H3,(H,13,16). The first kappa shape index (κ1) is 11.4. The van der Waals surface area contributed by atoms with Crippen LogP contribution in [0.25, 0.3) is 0 Å². The minimum absolute atomic E-state index is 0.0960. The van der Waals surface area contributed by atoms with Gasteiger partial charge in [-0.15, -0.1) is 0 Å². The average Bonchev–Trinajstić information content (AvgIpc) is 2.87. The minimum Gasteiger partial charge on any atom is -0.459 e. The summed E-state index contributed by atoms with van der Waals surface area (Å²) in [5, 5.41) is 7.11. The lowest BCUT2D eigenvalue weighted by atomic mass is 10.1. The van der Waals surface area contributed by atoms with Crippen LogP contribution in [0.5, 0.6) is 0 Å². The van der Waals surface area contributed by atoms with Gasteiger partial charge in [-0.05, 0) is 26.0 Å². The van der Waals surface area contributed by atoms with Gasteiger partial charge in [-0.25, -0.2) is 0 Å². The molecule has 5 heteroatoms. The molecule has 2 aromatic heterocycles. The van der Waals surface area contributed by atoms with Crippen molar-refractivity contribution in [3.63, 3.8) is 0 Å². The zero-order valence-electron chi connectivity index (χ0n) is 10.1. The molecule has 0 aliphatic heterocycles. The fourth-order valence-corrected chi connectivity index (χ4v) is 1.80. The van der Waals surface area contributed by atoms with Crippen LogP contribution in [0.3, 0.4) is 0 Å². The zero-order chi connectivity index (χ0) is 12.4. The van der Waals surface area contributed by atoms with E-state index in [4.69, 9.17) is 4.42 Å². The van der Waals surface area contributed by atoms with E-state index in [0.29, 0.717) is 5.76 Å². The Morgan fingerprint density at radius 1 is 1.59 bits per heavy atom. The van der Waals surface area contributed by atoms with Crippen molar-refractivity contribution in [2.45, 2.75) is 19.9 Å². The fourth-order valence-electron chi connectivity index (χ4n) is 1.80. The van der Waals surface area contributed by atoms with Gasteiger partial charge in [0, 0.05) is 18.8 Å². The van der Waals surface area contributed by atoms with Gasteiger partial charge in [-0.2, -0.15) is 5.10 Å². The molecular formula is C12H15N3O2. The molecule has 2 aromatic rings. The number of carbonyl (C=O) groups is 1. The molecule has 5 nitrogen and oxygen atoms in total. The highest BCUT2D eigenvalue weighted by Gasteiger charge is 2.16. The van der Waals surface area contributed by atoms with E-state index < -0.39 is 0 Å². The summed E-state index contributed by atoms with van der Waals surface area (Å²) in [6.45, 7) is 3.84. The van der Waals surface area contributed by atoms with Crippen molar-refractivity contribution in [3.8, 4) is 0 Å². The van der Waals surface area contributed by atoms with Crippen molar-refractivity contribution in [1.29, 1.82) is 0 Å². The molecule has 0 radical (unpaired) electrons. The summed E-state index contributed by atoms with van der Waals surface area (Å²) in [6, 6.07) is 3.23. The molecule has 1 atom stereocenters. The van der Waals surface area contributed by atoms with Crippen LogP contribution in [0, 0.1) is 6.92 Å². The van der Waals surface area contributed by atoms with E-state index in [1.54, 1.807) is 16.8 Å². The maximum Gasteiger partial charge on any atom is 0.287 e. The smallest absolute Gasteiger partial charge is 0.287 e. The molecule has 0 fully saturated rings. The third kappa shape index (κ3) is 2.38. The van der Waals surface area contributed by atoms with E-state index >= 15 is 0 Å². The summed E-state index contributed by atoms with van der Waals surface area (Å²) in [4.78, 5) is 11.8. The number of aromatic nitrogens is 2. The van der Waals surface area contributed by atoms with E-state index in [2.05, 4.69) is 10.4 Å². The number of amides is 1. The van der Waals surface area contributed by atoms with Crippen molar-refractivity contribution in [2.24, 2.45) is 7.05 Å². The Morgan fingerprint density at radius 3 is 2.88 bits per heavy atom. The van der Waals surface area contributed by atoms with Crippen molar-refractivity contribution in [1.82, 2.24) is 15.1 Å². The highest BCUT2D eigenvalue weighted by Crippen LogP contribution is 2.16. The maximum atomic E-state index is 11.8. The van der Waals surface area contributed by atoms with Crippen LogP contribution in [-0.2, 0) is 7.05 Å². The molecule has 0 aliphatic carbocycles. The Bertz CT molecular complexity index is 514. The Kier molecular flexibility index (Phi) is 2.99.